The molecule has 0 bridgehead atoms. The fourth-order valence-corrected chi connectivity index (χ4v) is 1.92. The second-order valence-corrected chi connectivity index (χ2v) is 3.99. The lowest BCUT2D eigenvalue weighted by Gasteiger charge is -1.97. The van der Waals surface area contributed by atoms with Gasteiger partial charge in [-0.25, -0.2) is 0 Å². The largest absolute Gasteiger partial charge is 0.316 e. The predicted octanol–water partition coefficient (Wildman–Crippen LogP) is 2.59. The number of thiophene rings is 1. The Morgan fingerprint density at radius 1 is 1.55 bits per heavy atom. The van der Waals surface area contributed by atoms with Crippen molar-refractivity contribution in [1.29, 1.82) is 0 Å². The van der Waals surface area contributed by atoms with Crippen LogP contribution < -0.4 is 5.32 Å². The molecule has 0 fully saturated rings. The third kappa shape index (κ3) is 2.31. The van der Waals surface area contributed by atoms with Crippen LogP contribution in [0.25, 0.3) is 0 Å². The van der Waals surface area contributed by atoms with Crippen LogP contribution in [0.15, 0.2) is 11.4 Å². The first kappa shape index (κ1) is 8.75. The van der Waals surface area contributed by atoms with Crippen molar-refractivity contribution >= 4 is 11.3 Å². The van der Waals surface area contributed by atoms with Crippen LogP contribution in [-0.2, 0) is 6.54 Å². The molecule has 2 heteroatoms. The van der Waals surface area contributed by atoms with E-state index in [9.17, 15) is 0 Å². The van der Waals surface area contributed by atoms with Crippen LogP contribution in [0, 0.1) is 0 Å². The van der Waals surface area contributed by atoms with Gasteiger partial charge >= 0.3 is 0 Å². The van der Waals surface area contributed by atoms with Crippen LogP contribution in [0.1, 0.15) is 30.2 Å². The molecule has 0 atom stereocenters. The van der Waals surface area contributed by atoms with E-state index in [0.29, 0.717) is 5.92 Å². The van der Waals surface area contributed by atoms with Crippen LogP contribution in [0.3, 0.4) is 0 Å². The minimum absolute atomic E-state index is 0.672. The van der Waals surface area contributed by atoms with Gasteiger partial charge in [0.2, 0.25) is 0 Å². The highest BCUT2D eigenvalue weighted by Gasteiger charge is 2.01. The molecule has 0 aliphatic rings. The smallest absolute Gasteiger partial charge is 0.0210 e. The topological polar surface area (TPSA) is 12.0 Å². The molecule has 0 radical (unpaired) electrons. The summed E-state index contributed by atoms with van der Waals surface area (Å²) in [6.07, 6.45) is 0. The maximum Gasteiger partial charge on any atom is 0.0210 e. The number of nitrogens with one attached hydrogen (secondary N) is 1. The summed E-state index contributed by atoms with van der Waals surface area (Å²) in [6, 6.07) is 2.28. The Morgan fingerprint density at radius 2 is 2.27 bits per heavy atom. The molecule has 1 rings (SSSR count). The zero-order valence-electron chi connectivity index (χ0n) is 7.35. The molecule has 1 N–H and O–H groups in total. The van der Waals surface area contributed by atoms with E-state index < -0.39 is 0 Å². The summed E-state index contributed by atoms with van der Waals surface area (Å²) in [5.41, 5.74) is 1.40. The molecule has 0 unspecified atom stereocenters. The molecular weight excluding hydrogens is 154 g/mol. The summed E-state index contributed by atoms with van der Waals surface area (Å²) in [6.45, 7) is 5.45. The van der Waals surface area contributed by atoms with Crippen molar-refractivity contribution in [2.45, 2.75) is 26.3 Å². The van der Waals surface area contributed by atoms with Crippen molar-refractivity contribution in [3.05, 3.63) is 21.9 Å². The van der Waals surface area contributed by atoms with Gasteiger partial charge in [-0.15, -0.1) is 11.3 Å². The quantitative estimate of drug-likeness (QED) is 0.733. The van der Waals surface area contributed by atoms with Crippen LogP contribution in [0.2, 0.25) is 0 Å². The molecule has 1 aromatic rings. The van der Waals surface area contributed by atoms with E-state index in [0.717, 1.165) is 6.54 Å². The van der Waals surface area contributed by atoms with E-state index >= 15 is 0 Å². The first-order valence-electron chi connectivity index (χ1n) is 3.96. The molecule has 11 heavy (non-hydrogen) atoms. The Morgan fingerprint density at radius 3 is 2.73 bits per heavy atom. The molecule has 0 amide bonds. The summed E-state index contributed by atoms with van der Waals surface area (Å²) in [7, 11) is 1.98. The predicted molar refractivity (Wildman–Crippen MR) is 51.2 cm³/mol. The van der Waals surface area contributed by atoms with E-state index in [1.807, 2.05) is 18.4 Å². The molecule has 0 saturated carbocycles. The highest BCUT2D eigenvalue weighted by atomic mass is 32.1. The van der Waals surface area contributed by atoms with Crippen LogP contribution in [0.5, 0.6) is 0 Å². The van der Waals surface area contributed by atoms with E-state index in [4.69, 9.17) is 0 Å². The maximum absolute atomic E-state index is 3.14. The van der Waals surface area contributed by atoms with Crippen molar-refractivity contribution in [2.24, 2.45) is 0 Å². The normalized spacial score (nSPS) is 10.9. The first-order valence-corrected chi connectivity index (χ1v) is 4.84. The van der Waals surface area contributed by atoms with Crippen molar-refractivity contribution in [2.75, 3.05) is 7.05 Å². The summed E-state index contributed by atoms with van der Waals surface area (Å²) in [5, 5.41) is 5.37. The minimum Gasteiger partial charge on any atom is -0.316 e. The van der Waals surface area contributed by atoms with Crippen LogP contribution >= 0.6 is 11.3 Å². The van der Waals surface area contributed by atoms with Gasteiger partial charge in [-0.2, -0.15) is 0 Å². The lowest BCUT2D eigenvalue weighted by atomic mass is 10.1. The minimum atomic E-state index is 0.672. The zero-order chi connectivity index (χ0) is 8.27. The van der Waals surface area contributed by atoms with Gasteiger partial charge in [-0.1, -0.05) is 13.8 Å². The second kappa shape index (κ2) is 3.88. The van der Waals surface area contributed by atoms with Crippen molar-refractivity contribution in [1.82, 2.24) is 5.32 Å². The Balaban J connectivity index is 2.66. The lowest BCUT2D eigenvalue weighted by molar-refractivity contribution is 0.816. The van der Waals surface area contributed by atoms with Gasteiger partial charge in [0.25, 0.3) is 0 Å². The van der Waals surface area contributed by atoms with E-state index in [2.05, 4.69) is 30.6 Å². The zero-order valence-corrected chi connectivity index (χ0v) is 8.16. The summed E-state index contributed by atoms with van der Waals surface area (Å²) >= 11 is 1.86. The molecule has 0 aliphatic carbocycles. The first-order chi connectivity index (χ1) is 5.24. The highest BCUT2D eigenvalue weighted by Crippen LogP contribution is 2.22. The van der Waals surface area contributed by atoms with Crippen molar-refractivity contribution in [3.8, 4) is 0 Å². The third-order valence-corrected chi connectivity index (χ3v) is 2.91. The number of rotatable bonds is 3. The summed E-state index contributed by atoms with van der Waals surface area (Å²) in [5.74, 6) is 0.672. The van der Waals surface area contributed by atoms with E-state index in [1.54, 1.807) is 0 Å². The molecule has 1 nitrogen and oxygen atoms in total. The highest BCUT2D eigenvalue weighted by molar-refractivity contribution is 7.10. The fourth-order valence-electron chi connectivity index (χ4n) is 0.994. The third-order valence-electron chi connectivity index (χ3n) is 1.62. The molecule has 1 heterocycles. The number of hydrogen-bond donors (Lipinski definition) is 1. The average Bonchev–Trinajstić information content (AvgIpc) is 2.37. The van der Waals surface area contributed by atoms with Crippen LogP contribution in [-0.4, -0.2) is 7.05 Å². The summed E-state index contributed by atoms with van der Waals surface area (Å²) < 4.78 is 0. The molecule has 0 aliphatic heterocycles. The van der Waals surface area contributed by atoms with Gasteiger partial charge < -0.3 is 5.32 Å². The van der Waals surface area contributed by atoms with E-state index in [1.165, 1.54) is 10.4 Å². The van der Waals surface area contributed by atoms with Gasteiger partial charge in [0.05, 0.1) is 0 Å². The Hall–Kier alpha value is -0.340. The number of hydrogen-bond acceptors (Lipinski definition) is 2. The molecular formula is C9H15NS. The van der Waals surface area contributed by atoms with E-state index in [-0.39, 0.29) is 0 Å². The monoisotopic (exact) mass is 169 g/mol. The summed E-state index contributed by atoms with van der Waals surface area (Å²) in [4.78, 5) is 1.48. The van der Waals surface area contributed by atoms with Gasteiger partial charge in [-0.05, 0) is 30.0 Å². The molecule has 0 spiro atoms. The van der Waals surface area contributed by atoms with Crippen LogP contribution in [0.4, 0.5) is 0 Å². The Labute approximate surface area is 72.4 Å². The fraction of sp³-hybridized carbons (Fsp3) is 0.556. The second-order valence-electron chi connectivity index (χ2n) is 3.04. The molecule has 1 aromatic heterocycles. The Bertz CT molecular complexity index is 215. The Kier molecular flexibility index (Phi) is 3.09. The SMILES string of the molecule is CNCc1csc(C(C)C)c1. The van der Waals surface area contributed by atoms with Gasteiger partial charge in [0, 0.05) is 11.4 Å². The van der Waals surface area contributed by atoms with Gasteiger partial charge in [-0.3, -0.25) is 0 Å². The molecule has 0 saturated heterocycles. The average molecular weight is 169 g/mol. The van der Waals surface area contributed by atoms with Crippen molar-refractivity contribution in [3.63, 3.8) is 0 Å². The standard InChI is InChI=1S/C9H15NS/c1-7(2)9-4-8(5-10-3)6-11-9/h4,6-7,10H,5H2,1-3H3. The molecule has 0 aromatic carbocycles. The lowest BCUT2D eigenvalue weighted by Crippen LogP contribution is -2.03. The van der Waals surface area contributed by atoms with Gasteiger partial charge in [0.15, 0.2) is 0 Å². The van der Waals surface area contributed by atoms with Gasteiger partial charge in [0.1, 0.15) is 0 Å². The molecule has 62 valence electrons. The maximum atomic E-state index is 3.14. The van der Waals surface area contributed by atoms with Crippen molar-refractivity contribution < 1.29 is 0 Å².